The van der Waals surface area contributed by atoms with E-state index in [1.165, 1.54) is 11.3 Å². The van der Waals surface area contributed by atoms with Crippen molar-refractivity contribution in [3.63, 3.8) is 0 Å². The van der Waals surface area contributed by atoms with Crippen LogP contribution in [0.25, 0.3) is 0 Å². The number of nitrogens with one attached hydrogen (secondary N) is 1. The van der Waals surface area contributed by atoms with Gasteiger partial charge in [0.1, 0.15) is 0 Å². The lowest BCUT2D eigenvalue weighted by Crippen LogP contribution is -2.12. The molecule has 0 rings (SSSR count). The second-order valence-electron chi connectivity index (χ2n) is 2.20. The highest BCUT2D eigenvalue weighted by Gasteiger charge is 1.92. The van der Waals surface area contributed by atoms with Crippen LogP contribution in [0.3, 0.4) is 0 Å². The zero-order chi connectivity index (χ0) is 7.98. The zero-order valence-corrected chi connectivity index (χ0v) is 7.36. The molecule has 0 aliphatic carbocycles. The maximum absolute atomic E-state index is 3.28. The van der Waals surface area contributed by atoms with E-state index < -0.39 is 0 Å². The maximum atomic E-state index is 3.28. The van der Waals surface area contributed by atoms with E-state index in [0.29, 0.717) is 0 Å². The fraction of sp³-hybridized carbons (Fsp3) is 0.556. The average molecular weight is 139 g/mol. The lowest BCUT2D eigenvalue weighted by molar-refractivity contribution is 0.859. The van der Waals surface area contributed by atoms with Gasteiger partial charge in [-0.1, -0.05) is 12.2 Å². The quantitative estimate of drug-likeness (QED) is 0.592. The van der Waals surface area contributed by atoms with E-state index in [2.05, 4.69) is 38.2 Å². The van der Waals surface area contributed by atoms with E-state index in [4.69, 9.17) is 0 Å². The Labute approximate surface area is 63.8 Å². The number of hydrogen-bond donors (Lipinski definition) is 1. The van der Waals surface area contributed by atoms with Gasteiger partial charge in [0.15, 0.2) is 0 Å². The Balaban J connectivity index is 4.09. The minimum absolute atomic E-state index is 0.991. The monoisotopic (exact) mass is 139 g/mol. The molecule has 0 atom stereocenters. The van der Waals surface area contributed by atoms with Crippen molar-refractivity contribution in [2.24, 2.45) is 0 Å². The van der Waals surface area contributed by atoms with Crippen LogP contribution in [0.5, 0.6) is 0 Å². The second-order valence-corrected chi connectivity index (χ2v) is 2.20. The molecule has 0 aromatic carbocycles. The van der Waals surface area contributed by atoms with E-state index in [1.54, 1.807) is 0 Å². The normalized spacial score (nSPS) is 13.6. The number of hydrogen-bond acceptors (Lipinski definition) is 1. The summed E-state index contributed by atoms with van der Waals surface area (Å²) in [6.45, 7) is 9.30. The molecule has 0 aliphatic heterocycles. The molecule has 1 nitrogen and oxygen atoms in total. The van der Waals surface area contributed by atoms with Crippen LogP contribution in [-0.2, 0) is 0 Å². The van der Waals surface area contributed by atoms with Crippen molar-refractivity contribution >= 4 is 0 Å². The van der Waals surface area contributed by atoms with E-state index in [9.17, 15) is 0 Å². The highest BCUT2D eigenvalue weighted by Crippen LogP contribution is 2.03. The number of likely N-dealkylation sites (N-methyl/N-ethyl adjacent to an activating group) is 1. The van der Waals surface area contributed by atoms with Crippen LogP contribution in [0.15, 0.2) is 23.4 Å². The van der Waals surface area contributed by atoms with Gasteiger partial charge in [-0.05, 0) is 33.3 Å². The smallest absolute Gasteiger partial charge is 0.0323 e. The molecule has 0 saturated heterocycles. The third kappa shape index (κ3) is 2.72. The average Bonchev–Trinajstić information content (AvgIpc) is 1.99. The first kappa shape index (κ1) is 9.28. The molecule has 10 heavy (non-hydrogen) atoms. The Morgan fingerprint density at radius 1 is 1.30 bits per heavy atom. The largest absolute Gasteiger partial charge is 0.385 e. The lowest BCUT2D eigenvalue weighted by Gasteiger charge is -2.07. The first-order valence-electron chi connectivity index (χ1n) is 3.79. The summed E-state index contributed by atoms with van der Waals surface area (Å²) >= 11 is 0. The molecule has 0 amide bonds. The van der Waals surface area contributed by atoms with Crippen molar-refractivity contribution in [2.45, 2.75) is 27.7 Å². The van der Waals surface area contributed by atoms with Crippen LogP contribution in [0.1, 0.15) is 27.7 Å². The Hall–Kier alpha value is -0.720. The van der Waals surface area contributed by atoms with Crippen molar-refractivity contribution < 1.29 is 0 Å². The van der Waals surface area contributed by atoms with Crippen molar-refractivity contribution in [1.29, 1.82) is 0 Å². The van der Waals surface area contributed by atoms with Gasteiger partial charge >= 0.3 is 0 Å². The van der Waals surface area contributed by atoms with Gasteiger partial charge < -0.3 is 5.32 Å². The minimum Gasteiger partial charge on any atom is -0.385 e. The van der Waals surface area contributed by atoms with Gasteiger partial charge in [0, 0.05) is 12.2 Å². The van der Waals surface area contributed by atoms with E-state index >= 15 is 0 Å². The van der Waals surface area contributed by atoms with Gasteiger partial charge in [0.05, 0.1) is 0 Å². The molecule has 0 aliphatic rings. The predicted molar refractivity (Wildman–Crippen MR) is 46.9 cm³/mol. The summed E-state index contributed by atoms with van der Waals surface area (Å²) in [6, 6.07) is 0. The maximum Gasteiger partial charge on any atom is 0.0323 e. The second kappa shape index (κ2) is 5.10. The summed E-state index contributed by atoms with van der Waals surface area (Å²) in [5.41, 5.74) is 2.55. The first-order valence-corrected chi connectivity index (χ1v) is 3.79. The summed E-state index contributed by atoms with van der Waals surface area (Å²) in [7, 11) is 0. The predicted octanol–water partition coefficient (Wildman–Crippen LogP) is 2.47. The van der Waals surface area contributed by atoms with E-state index in [0.717, 1.165) is 6.54 Å². The summed E-state index contributed by atoms with van der Waals surface area (Å²) in [5.74, 6) is 0. The van der Waals surface area contributed by atoms with Crippen LogP contribution in [0, 0.1) is 0 Å². The molecule has 0 fully saturated rings. The molecule has 1 heteroatoms. The van der Waals surface area contributed by atoms with Crippen LogP contribution < -0.4 is 5.32 Å². The van der Waals surface area contributed by atoms with Gasteiger partial charge in [-0.25, -0.2) is 0 Å². The van der Waals surface area contributed by atoms with Crippen LogP contribution >= 0.6 is 0 Å². The molecule has 0 bridgehead atoms. The third-order valence-electron chi connectivity index (χ3n) is 1.51. The summed E-state index contributed by atoms with van der Waals surface area (Å²) in [4.78, 5) is 0. The fourth-order valence-electron chi connectivity index (χ4n) is 0.815. The third-order valence-corrected chi connectivity index (χ3v) is 1.51. The number of rotatable bonds is 3. The Bertz CT molecular complexity index is 143. The first-order chi connectivity index (χ1) is 4.76. The SMILES string of the molecule is C/C=C(C)\C(=C/C)NCC. The van der Waals surface area contributed by atoms with E-state index in [1.807, 2.05) is 6.92 Å². The fourth-order valence-corrected chi connectivity index (χ4v) is 0.815. The summed E-state index contributed by atoms with van der Waals surface area (Å²) < 4.78 is 0. The van der Waals surface area contributed by atoms with Crippen molar-refractivity contribution in [2.75, 3.05) is 6.54 Å². The molecular weight excluding hydrogens is 122 g/mol. The van der Waals surface area contributed by atoms with Gasteiger partial charge in [-0.3, -0.25) is 0 Å². The van der Waals surface area contributed by atoms with Crippen molar-refractivity contribution in [3.8, 4) is 0 Å². The van der Waals surface area contributed by atoms with Crippen LogP contribution in [0.4, 0.5) is 0 Å². The molecular formula is C9H17N. The highest BCUT2D eigenvalue weighted by atomic mass is 14.9. The Morgan fingerprint density at radius 2 is 1.90 bits per heavy atom. The number of allylic oxidation sites excluding steroid dienone is 3. The molecule has 0 radical (unpaired) electrons. The van der Waals surface area contributed by atoms with Crippen molar-refractivity contribution in [1.82, 2.24) is 5.32 Å². The molecule has 0 heterocycles. The molecule has 0 unspecified atom stereocenters. The lowest BCUT2D eigenvalue weighted by atomic mass is 10.2. The van der Waals surface area contributed by atoms with Gasteiger partial charge in [0.2, 0.25) is 0 Å². The molecule has 1 N–H and O–H groups in total. The zero-order valence-electron chi connectivity index (χ0n) is 7.36. The molecule has 0 aromatic heterocycles. The standard InChI is InChI=1S/C9H17N/c1-5-8(4)9(6-2)10-7-3/h5-6,10H,7H2,1-4H3/b8-5-,9-6+. The van der Waals surface area contributed by atoms with Gasteiger partial charge in [0.25, 0.3) is 0 Å². The van der Waals surface area contributed by atoms with Gasteiger partial charge in [-0.15, -0.1) is 0 Å². The summed E-state index contributed by atoms with van der Waals surface area (Å²) in [5, 5.41) is 3.28. The molecule has 0 spiro atoms. The van der Waals surface area contributed by atoms with Crippen molar-refractivity contribution in [3.05, 3.63) is 23.4 Å². The minimum atomic E-state index is 0.991. The molecule has 0 aromatic rings. The Kier molecular flexibility index (Phi) is 4.73. The summed E-state index contributed by atoms with van der Waals surface area (Å²) in [6.07, 6.45) is 4.21. The Morgan fingerprint density at radius 3 is 2.20 bits per heavy atom. The van der Waals surface area contributed by atoms with Gasteiger partial charge in [-0.2, -0.15) is 0 Å². The van der Waals surface area contributed by atoms with E-state index in [-0.39, 0.29) is 0 Å². The molecule has 58 valence electrons. The molecule has 0 saturated carbocycles. The topological polar surface area (TPSA) is 12.0 Å². The van der Waals surface area contributed by atoms with Crippen LogP contribution in [-0.4, -0.2) is 6.54 Å². The van der Waals surface area contributed by atoms with Crippen LogP contribution in [0.2, 0.25) is 0 Å². The highest BCUT2D eigenvalue weighted by molar-refractivity contribution is 5.25.